The van der Waals surface area contributed by atoms with Crippen molar-refractivity contribution < 1.29 is 19.6 Å². The van der Waals surface area contributed by atoms with Crippen molar-refractivity contribution in [2.24, 2.45) is 5.73 Å². The SMILES string of the molecule is CCC(N)(C(=O)O)[PH](=O)CO.N. The molecule has 0 aromatic carbocycles. The average molecular weight is 198 g/mol. The van der Waals surface area contributed by atoms with E-state index in [0.717, 1.165) is 0 Å². The molecular weight excluding hydrogens is 183 g/mol. The normalized spacial score (nSPS) is 17.2. The summed E-state index contributed by atoms with van der Waals surface area (Å²) in [7, 11) is -2.63. The zero-order valence-electron chi connectivity index (χ0n) is 6.91. The van der Waals surface area contributed by atoms with Gasteiger partial charge in [-0.05, 0) is 6.42 Å². The Kier molecular flexibility index (Phi) is 6.20. The minimum absolute atomic E-state index is 0. The average Bonchev–Trinajstić information content (AvgIpc) is 2.01. The van der Waals surface area contributed by atoms with Gasteiger partial charge in [-0.1, -0.05) is 6.92 Å². The van der Waals surface area contributed by atoms with Gasteiger partial charge < -0.3 is 26.7 Å². The fourth-order valence-corrected chi connectivity index (χ4v) is 1.52. The number of nitrogens with two attached hydrogens (primary N) is 1. The molecule has 0 radical (unpaired) electrons. The summed E-state index contributed by atoms with van der Waals surface area (Å²) in [5, 5.41) is 15.2. The summed E-state index contributed by atoms with van der Waals surface area (Å²) in [6.45, 7) is 1.52. The van der Waals surface area contributed by atoms with Gasteiger partial charge in [0, 0.05) is 0 Å². The Morgan fingerprint density at radius 2 is 2.08 bits per heavy atom. The van der Waals surface area contributed by atoms with Crippen LogP contribution in [0.4, 0.5) is 0 Å². The Balaban J connectivity index is 0. The lowest BCUT2D eigenvalue weighted by Gasteiger charge is -2.20. The number of aliphatic hydroxyl groups is 1. The van der Waals surface area contributed by atoms with Crippen LogP contribution in [-0.2, 0) is 9.36 Å². The van der Waals surface area contributed by atoms with Crippen molar-refractivity contribution in [3.63, 3.8) is 0 Å². The molecule has 74 valence electrons. The van der Waals surface area contributed by atoms with E-state index in [0.29, 0.717) is 0 Å². The summed E-state index contributed by atoms with van der Waals surface area (Å²) in [6.07, 6.45) is -0.595. The molecule has 2 unspecified atom stereocenters. The van der Waals surface area contributed by atoms with E-state index in [4.69, 9.17) is 15.9 Å². The molecular formula is C5H15N2O4P. The van der Waals surface area contributed by atoms with Gasteiger partial charge in [0.1, 0.15) is 7.80 Å². The maximum absolute atomic E-state index is 10.9. The highest BCUT2D eigenvalue weighted by molar-refractivity contribution is 7.47. The molecule has 0 fully saturated rings. The fraction of sp³-hybridized carbons (Fsp3) is 0.800. The van der Waals surface area contributed by atoms with E-state index in [-0.39, 0.29) is 12.6 Å². The van der Waals surface area contributed by atoms with Crippen molar-refractivity contribution in [3.8, 4) is 0 Å². The third kappa shape index (κ3) is 2.57. The highest BCUT2D eigenvalue weighted by atomic mass is 31.1. The molecule has 12 heavy (non-hydrogen) atoms. The lowest BCUT2D eigenvalue weighted by molar-refractivity contribution is -0.140. The standard InChI is InChI=1S/C5H12NO4P.H3N/c1-2-5(6,4(8)9)11(10)3-7;/h7,11H,2-3,6H2,1H3,(H,8,9);1H3. The second-order valence-electron chi connectivity index (χ2n) is 2.21. The van der Waals surface area contributed by atoms with Crippen LogP contribution in [0.15, 0.2) is 0 Å². The molecule has 2 atom stereocenters. The predicted octanol–water partition coefficient (Wildman–Crippen LogP) is -0.193. The summed E-state index contributed by atoms with van der Waals surface area (Å²) >= 11 is 0. The number of carboxylic acids is 1. The molecule has 7 heteroatoms. The van der Waals surface area contributed by atoms with Crippen molar-refractivity contribution in [3.05, 3.63) is 0 Å². The maximum Gasteiger partial charge on any atom is 0.331 e. The second kappa shape index (κ2) is 5.27. The van der Waals surface area contributed by atoms with Crippen molar-refractivity contribution in [1.82, 2.24) is 6.15 Å². The first-order valence-electron chi connectivity index (χ1n) is 3.15. The molecule has 0 bridgehead atoms. The molecule has 0 aliphatic rings. The van der Waals surface area contributed by atoms with E-state index in [2.05, 4.69) is 0 Å². The van der Waals surface area contributed by atoms with Gasteiger partial charge in [0.15, 0.2) is 5.28 Å². The van der Waals surface area contributed by atoms with Gasteiger partial charge in [0.2, 0.25) is 0 Å². The predicted molar refractivity (Wildman–Crippen MR) is 46.0 cm³/mol. The summed E-state index contributed by atoms with van der Waals surface area (Å²) in [4.78, 5) is 10.4. The van der Waals surface area contributed by atoms with Gasteiger partial charge >= 0.3 is 5.97 Å². The van der Waals surface area contributed by atoms with Gasteiger partial charge in [0.05, 0.1) is 6.35 Å². The lowest BCUT2D eigenvalue weighted by Crippen LogP contribution is -2.44. The van der Waals surface area contributed by atoms with Gasteiger partial charge in [-0.3, -0.25) is 0 Å². The van der Waals surface area contributed by atoms with E-state index in [1.165, 1.54) is 6.92 Å². The van der Waals surface area contributed by atoms with Gasteiger partial charge in [0.25, 0.3) is 0 Å². The molecule has 0 saturated carbocycles. The Morgan fingerprint density at radius 3 is 2.17 bits per heavy atom. The molecule has 6 nitrogen and oxygen atoms in total. The summed E-state index contributed by atoms with van der Waals surface area (Å²) in [6, 6.07) is 0. The minimum atomic E-state index is -2.63. The zero-order valence-corrected chi connectivity index (χ0v) is 7.91. The number of rotatable bonds is 4. The van der Waals surface area contributed by atoms with Gasteiger partial charge in [-0.2, -0.15) is 0 Å². The molecule has 0 heterocycles. The van der Waals surface area contributed by atoms with E-state index in [9.17, 15) is 9.36 Å². The molecule has 0 amide bonds. The Hall–Kier alpha value is -0.420. The van der Waals surface area contributed by atoms with Crippen molar-refractivity contribution in [2.45, 2.75) is 18.6 Å². The monoisotopic (exact) mass is 198 g/mol. The van der Waals surface area contributed by atoms with Crippen LogP contribution >= 0.6 is 7.80 Å². The molecule has 0 saturated heterocycles. The van der Waals surface area contributed by atoms with Crippen LogP contribution in [0, 0.1) is 0 Å². The number of carboxylic acid groups (broad SMARTS) is 1. The quantitative estimate of drug-likeness (QED) is 0.462. The van der Waals surface area contributed by atoms with Crippen LogP contribution in [0.5, 0.6) is 0 Å². The van der Waals surface area contributed by atoms with Crippen LogP contribution in [0.1, 0.15) is 13.3 Å². The molecule has 0 rings (SSSR count). The third-order valence-corrected chi connectivity index (χ3v) is 3.43. The fourth-order valence-electron chi connectivity index (χ4n) is 0.609. The van der Waals surface area contributed by atoms with Crippen LogP contribution < -0.4 is 11.9 Å². The van der Waals surface area contributed by atoms with Crippen LogP contribution in [0.2, 0.25) is 0 Å². The molecule has 0 aliphatic carbocycles. The Bertz CT molecular complexity index is 186. The van der Waals surface area contributed by atoms with Gasteiger partial charge in [-0.25, -0.2) is 4.79 Å². The van der Waals surface area contributed by atoms with Gasteiger partial charge in [-0.15, -0.1) is 0 Å². The molecule has 0 aromatic rings. The second-order valence-corrected chi connectivity index (χ2v) is 4.27. The molecule has 0 aliphatic heterocycles. The largest absolute Gasteiger partial charge is 0.480 e. The molecule has 7 N–H and O–H groups in total. The first-order chi connectivity index (χ1) is 4.99. The summed E-state index contributed by atoms with van der Waals surface area (Å²) in [5.74, 6) is -1.32. The summed E-state index contributed by atoms with van der Waals surface area (Å²) < 4.78 is 10.9. The van der Waals surface area contributed by atoms with E-state index >= 15 is 0 Å². The van der Waals surface area contributed by atoms with E-state index < -0.39 is 25.4 Å². The first-order valence-corrected chi connectivity index (χ1v) is 4.77. The number of carbonyl (C=O) groups is 1. The molecule has 0 spiro atoms. The Morgan fingerprint density at radius 1 is 1.67 bits per heavy atom. The summed E-state index contributed by atoms with van der Waals surface area (Å²) in [5.41, 5.74) is 5.27. The van der Waals surface area contributed by atoms with Crippen molar-refractivity contribution in [1.29, 1.82) is 0 Å². The van der Waals surface area contributed by atoms with E-state index in [1.807, 2.05) is 0 Å². The maximum atomic E-state index is 10.9. The van der Waals surface area contributed by atoms with Crippen LogP contribution in [-0.4, -0.2) is 27.8 Å². The van der Waals surface area contributed by atoms with Crippen LogP contribution in [0.3, 0.4) is 0 Å². The highest BCUT2D eigenvalue weighted by Gasteiger charge is 2.37. The topological polar surface area (TPSA) is 136 Å². The smallest absolute Gasteiger partial charge is 0.331 e. The number of hydrogen-bond acceptors (Lipinski definition) is 5. The third-order valence-electron chi connectivity index (χ3n) is 1.58. The van der Waals surface area contributed by atoms with Crippen LogP contribution in [0.25, 0.3) is 0 Å². The van der Waals surface area contributed by atoms with Crippen molar-refractivity contribution >= 4 is 13.8 Å². The van der Waals surface area contributed by atoms with Crippen molar-refractivity contribution in [2.75, 3.05) is 6.35 Å². The molecule has 0 aromatic heterocycles. The Labute approximate surface area is 71.1 Å². The number of hydrogen-bond donors (Lipinski definition) is 4. The van der Waals surface area contributed by atoms with E-state index in [1.54, 1.807) is 0 Å². The highest BCUT2D eigenvalue weighted by Crippen LogP contribution is 2.36. The number of aliphatic carboxylic acids is 1. The minimum Gasteiger partial charge on any atom is -0.480 e. The lowest BCUT2D eigenvalue weighted by atomic mass is 10.2. The number of aliphatic hydroxyl groups excluding tert-OH is 1. The zero-order chi connectivity index (χ0) is 9.07. The first kappa shape index (κ1) is 14.1.